The molecule has 0 radical (unpaired) electrons. The third-order valence-electron chi connectivity index (χ3n) is 3.41. The van der Waals surface area contributed by atoms with Crippen molar-refractivity contribution < 1.29 is 0 Å². The van der Waals surface area contributed by atoms with Crippen LogP contribution in [-0.2, 0) is 0 Å². The zero-order valence-corrected chi connectivity index (χ0v) is 11.4. The smallest absolute Gasteiger partial charge is 0.105 e. The number of nitrogens with one attached hydrogen (secondary N) is 1. The molecule has 96 valence electrons. The van der Waals surface area contributed by atoms with E-state index in [0.29, 0.717) is 4.99 Å². The number of nitrogens with zero attached hydrogens (tertiary/aromatic N) is 2. The van der Waals surface area contributed by atoms with Gasteiger partial charge in [-0.3, -0.25) is 0 Å². The molecule has 1 aliphatic rings. The van der Waals surface area contributed by atoms with Gasteiger partial charge in [-0.15, -0.1) is 0 Å². The van der Waals surface area contributed by atoms with Gasteiger partial charge in [0.25, 0.3) is 0 Å². The largest absolute Gasteiger partial charge is 0.345 e. The molecule has 0 spiro atoms. The van der Waals surface area contributed by atoms with Gasteiger partial charge in [0.05, 0.1) is 23.1 Å². The first-order valence-corrected chi connectivity index (χ1v) is 6.79. The number of hydrogen-bond donors (Lipinski definition) is 1. The summed E-state index contributed by atoms with van der Waals surface area (Å²) in [5.74, 6) is 0. The molecule has 4 rings (SSSR count). The van der Waals surface area contributed by atoms with Crippen LogP contribution in [0.15, 0.2) is 60.8 Å². The van der Waals surface area contributed by atoms with E-state index in [9.17, 15) is 0 Å². The van der Waals surface area contributed by atoms with Crippen molar-refractivity contribution in [3.8, 4) is 0 Å². The van der Waals surface area contributed by atoms with E-state index in [-0.39, 0.29) is 0 Å². The molecule has 0 amide bonds. The highest BCUT2D eigenvalue weighted by atomic mass is 32.1. The molecular formula is C16H11N3S. The van der Waals surface area contributed by atoms with Gasteiger partial charge in [-0.1, -0.05) is 54.7 Å². The molecule has 0 aliphatic carbocycles. The van der Waals surface area contributed by atoms with Crippen molar-refractivity contribution in [2.45, 2.75) is 0 Å². The summed E-state index contributed by atoms with van der Waals surface area (Å²) in [5, 5.41) is 8.89. The van der Waals surface area contributed by atoms with Crippen LogP contribution in [0.4, 0.5) is 5.69 Å². The third-order valence-corrected chi connectivity index (χ3v) is 3.63. The SMILES string of the molecule is S=C1C=C(c2ccccc2)n2ncc3cccc(c32)N1. The average molecular weight is 277 g/mol. The summed E-state index contributed by atoms with van der Waals surface area (Å²) >= 11 is 5.40. The van der Waals surface area contributed by atoms with Crippen LogP contribution in [0.5, 0.6) is 0 Å². The molecule has 3 nitrogen and oxygen atoms in total. The van der Waals surface area contributed by atoms with E-state index < -0.39 is 0 Å². The molecule has 0 unspecified atom stereocenters. The van der Waals surface area contributed by atoms with Gasteiger partial charge in [-0.2, -0.15) is 5.10 Å². The molecule has 3 aromatic rings. The Kier molecular flexibility index (Phi) is 2.44. The van der Waals surface area contributed by atoms with E-state index in [4.69, 9.17) is 12.2 Å². The summed E-state index contributed by atoms with van der Waals surface area (Å²) < 4.78 is 1.95. The second kappa shape index (κ2) is 4.28. The molecule has 1 aliphatic heterocycles. The highest BCUT2D eigenvalue weighted by molar-refractivity contribution is 7.81. The first-order chi connectivity index (χ1) is 9.83. The first kappa shape index (κ1) is 11.4. The highest BCUT2D eigenvalue weighted by Gasteiger charge is 2.17. The molecular weight excluding hydrogens is 266 g/mol. The van der Waals surface area contributed by atoms with Crippen molar-refractivity contribution in [1.29, 1.82) is 0 Å². The van der Waals surface area contributed by atoms with Crippen molar-refractivity contribution >= 4 is 39.5 Å². The van der Waals surface area contributed by atoms with E-state index >= 15 is 0 Å². The van der Waals surface area contributed by atoms with E-state index in [2.05, 4.69) is 28.6 Å². The highest BCUT2D eigenvalue weighted by Crippen LogP contribution is 2.30. The Labute approximate surface area is 121 Å². The third kappa shape index (κ3) is 1.66. The summed E-state index contributed by atoms with van der Waals surface area (Å²) in [6, 6.07) is 16.3. The van der Waals surface area contributed by atoms with Crippen LogP contribution in [0, 0.1) is 0 Å². The van der Waals surface area contributed by atoms with Gasteiger partial charge in [-0.25, -0.2) is 4.68 Å². The Morgan fingerprint density at radius 3 is 2.70 bits per heavy atom. The fraction of sp³-hybridized carbons (Fsp3) is 0. The monoisotopic (exact) mass is 277 g/mol. The number of rotatable bonds is 1. The van der Waals surface area contributed by atoms with Gasteiger partial charge in [0.1, 0.15) is 4.99 Å². The predicted molar refractivity (Wildman–Crippen MR) is 85.8 cm³/mol. The second-order valence-corrected chi connectivity index (χ2v) is 5.12. The molecule has 2 heterocycles. The molecule has 0 fully saturated rings. The topological polar surface area (TPSA) is 29.9 Å². The lowest BCUT2D eigenvalue weighted by Gasteiger charge is -2.08. The lowest BCUT2D eigenvalue weighted by Crippen LogP contribution is -2.04. The number of anilines is 1. The van der Waals surface area contributed by atoms with Crippen LogP contribution >= 0.6 is 12.2 Å². The number of benzene rings is 2. The lowest BCUT2D eigenvalue weighted by molar-refractivity contribution is 0.937. The number of aromatic nitrogens is 2. The minimum atomic E-state index is 0.696. The molecule has 2 aromatic carbocycles. The molecule has 0 bridgehead atoms. The maximum atomic E-state index is 5.40. The van der Waals surface area contributed by atoms with E-state index in [1.165, 1.54) is 0 Å². The van der Waals surface area contributed by atoms with Gasteiger partial charge >= 0.3 is 0 Å². The van der Waals surface area contributed by atoms with Crippen molar-refractivity contribution in [3.63, 3.8) is 0 Å². The maximum absolute atomic E-state index is 5.40. The van der Waals surface area contributed by atoms with Gasteiger partial charge in [0.2, 0.25) is 0 Å². The quantitative estimate of drug-likeness (QED) is 0.688. The number of thiocarbonyl (C=S) groups is 1. The number of hydrogen-bond acceptors (Lipinski definition) is 2. The minimum absolute atomic E-state index is 0.696. The van der Waals surface area contributed by atoms with Crippen LogP contribution in [0.2, 0.25) is 0 Å². The average Bonchev–Trinajstić information content (AvgIpc) is 2.84. The minimum Gasteiger partial charge on any atom is -0.345 e. The Morgan fingerprint density at radius 2 is 1.85 bits per heavy atom. The summed E-state index contributed by atoms with van der Waals surface area (Å²) in [4.78, 5) is 0.696. The van der Waals surface area contributed by atoms with Crippen molar-refractivity contribution in [2.24, 2.45) is 0 Å². The first-order valence-electron chi connectivity index (χ1n) is 6.38. The summed E-state index contributed by atoms with van der Waals surface area (Å²) in [6.45, 7) is 0. The predicted octanol–water partition coefficient (Wildman–Crippen LogP) is 3.68. The van der Waals surface area contributed by atoms with Crippen molar-refractivity contribution in [1.82, 2.24) is 9.78 Å². The molecule has 1 N–H and O–H groups in total. The van der Waals surface area contributed by atoms with Crippen LogP contribution in [0.1, 0.15) is 5.56 Å². The van der Waals surface area contributed by atoms with E-state index in [1.807, 2.05) is 47.3 Å². The normalized spacial score (nSPS) is 13.8. The Hall–Kier alpha value is -2.46. The van der Waals surface area contributed by atoms with Crippen molar-refractivity contribution in [2.75, 3.05) is 5.32 Å². The summed E-state index contributed by atoms with van der Waals surface area (Å²) in [5.41, 5.74) is 4.14. The van der Waals surface area contributed by atoms with Crippen LogP contribution < -0.4 is 5.32 Å². The second-order valence-electron chi connectivity index (χ2n) is 4.68. The standard InChI is InChI=1S/C16H11N3S/c20-15-9-14(11-5-2-1-3-6-11)19-16-12(10-17-19)7-4-8-13(16)18-15/h1-10H,(H,18,20). The van der Waals surface area contributed by atoms with Gasteiger partial charge in [0.15, 0.2) is 0 Å². The van der Waals surface area contributed by atoms with Gasteiger partial charge in [0, 0.05) is 10.9 Å². The lowest BCUT2D eigenvalue weighted by atomic mass is 10.1. The number of para-hydroxylation sites is 1. The molecule has 1 aromatic heterocycles. The Bertz CT molecular complexity index is 847. The molecule has 0 saturated carbocycles. The van der Waals surface area contributed by atoms with Gasteiger partial charge < -0.3 is 5.32 Å². The maximum Gasteiger partial charge on any atom is 0.105 e. The zero-order chi connectivity index (χ0) is 13.5. The zero-order valence-electron chi connectivity index (χ0n) is 10.6. The molecule has 4 heteroatoms. The molecule has 20 heavy (non-hydrogen) atoms. The van der Waals surface area contributed by atoms with Crippen molar-refractivity contribution in [3.05, 3.63) is 66.4 Å². The van der Waals surface area contributed by atoms with E-state index in [0.717, 1.165) is 27.9 Å². The van der Waals surface area contributed by atoms with Crippen LogP contribution in [0.3, 0.4) is 0 Å². The van der Waals surface area contributed by atoms with Crippen LogP contribution in [-0.4, -0.2) is 14.8 Å². The Balaban J connectivity index is 2.05. The molecule has 0 saturated heterocycles. The summed E-state index contributed by atoms with van der Waals surface area (Å²) in [7, 11) is 0. The molecule has 0 atom stereocenters. The fourth-order valence-corrected chi connectivity index (χ4v) is 2.75. The Morgan fingerprint density at radius 1 is 1.00 bits per heavy atom. The summed E-state index contributed by atoms with van der Waals surface area (Å²) in [6.07, 6.45) is 3.84. The van der Waals surface area contributed by atoms with Gasteiger partial charge in [-0.05, 0) is 12.1 Å². The fourth-order valence-electron chi connectivity index (χ4n) is 2.53. The van der Waals surface area contributed by atoms with E-state index in [1.54, 1.807) is 0 Å². The van der Waals surface area contributed by atoms with Crippen LogP contribution in [0.25, 0.3) is 16.6 Å².